The Hall–Kier alpha value is -1.51. The third kappa shape index (κ3) is 1.68. The molecule has 0 radical (unpaired) electrons. The summed E-state index contributed by atoms with van der Waals surface area (Å²) >= 11 is 0. The highest BCUT2D eigenvalue weighted by atomic mass is 16.5. The van der Waals surface area contributed by atoms with Crippen molar-refractivity contribution < 1.29 is 9.53 Å². The minimum absolute atomic E-state index is 0.0944. The van der Waals surface area contributed by atoms with Gasteiger partial charge in [0.15, 0.2) is 0 Å². The highest BCUT2D eigenvalue weighted by Gasteiger charge is 2.51. The number of fused-ring (bicyclic) bond motifs is 2. The van der Waals surface area contributed by atoms with Gasteiger partial charge in [-0.05, 0) is 25.7 Å². The maximum absolute atomic E-state index is 12.3. The zero-order valence-electron chi connectivity index (χ0n) is 12.6. The molecule has 1 aliphatic carbocycles. The molecule has 3 atom stereocenters. The fraction of sp³-hybridized carbons (Fsp3) is 0.588. The first kappa shape index (κ1) is 13.5. The molecule has 3 aliphatic rings. The molecule has 2 aliphatic heterocycles. The number of carbonyl (C=O) groups is 1. The van der Waals surface area contributed by atoms with Gasteiger partial charge >= 0.3 is 0 Å². The minimum atomic E-state index is 0.0944. The number of rotatable bonds is 4. The van der Waals surface area contributed by atoms with Crippen LogP contribution in [0.15, 0.2) is 35.4 Å². The van der Waals surface area contributed by atoms with Gasteiger partial charge in [0, 0.05) is 29.3 Å². The van der Waals surface area contributed by atoms with Crippen LogP contribution >= 0.6 is 0 Å². The molecule has 3 rings (SSSR count). The molecule has 1 fully saturated rings. The lowest BCUT2D eigenvalue weighted by atomic mass is 9.71. The summed E-state index contributed by atoms with van der Waals surface area (Å²) in [7, 11) is 0. The van der Waals surface area contributed by atoms with Crippen LogP contribution in [0, 0.1) is 11.8 Å². The quantitative estimate of drug-likeness (QED) is 0.786. The monoisotopic (exact) mass is 273 g/mol. The van der Waals surface area contributed by atoms with Crippen molar-refractivity contribution in [2.75, 3.05) is 6.61 Å². The Bertz CT molecular complexity index is 529. The Kier molecular flexibility index (Phi) is 3.23. The van der Waals surface area contributed by atoms with Gasteiger partial charge in [-0.1, -0.05) is 26.8 Å². The molecule has 3 heteroatoms. The number of hydrogen-bond donors (Lipinski definition) is 0. The van der Waals surface area contributed by atoms with Crippen molar-refractivity contribution in [1.29, 1.82) is 0 Å². The van der Waals surface area contributed by atoms with Gasteiger partial charge in [-0.25, -0.2) is 0 Å². The van der Waals surface area contributed by atoms with Gasteiger partial charge in [0.05, 0.1) is 12.3 Å². The highest BCUT2D eigenvalue weighted by Crippen LogP contribution is 2.51. The summed E-state index contributed by atoms with van der Waals surface area (Å²) in [6.07, 6.45) is 4.87. The zero-order chi connectivity index (χ0) is 14.4. The smallest absolute Gasteiger partial charge is 0.206 e. The van der Waals surface area contributed by atoms with Crippen LogP contribution in [-0.2, 0) is 9.53 Å². The van der Waals surface area contributed by atoms with E-state index in [1.54, 1.807) is 6.08 Å². The van der Waals surface area contributed by atoms with E-state index in [1.807, 2.05) is 6.92 Å². The molecule has 2 heterocycles. The zero-order valence-corrected chi connectivity index (χ0v) is 12.6. The Morgan fingerprint density at radius 3 is 2.90 bits per heavy atom. The molecule has 0 aromatic heterocycles. The van der Waals surface area contributed by atoms with Crippen LogP contribution in [0.1, 0.15) is 40.0 Å². The van der Waals surface area contributed by atoms with E-state index >= 15 is 0 Å². The predicted molar refractivity (Wildman–Crippen MR) is 78.7 cm³/mol. The van der Waals surface area contributed by atoms with Crippen molar-refractivity contribution in [3.8, 4) is 0 Å². The molecule has 0 aromatic carbocycles. The molecule has 1 saturated heterocycles. The molecule has 0 saturated carbocycles. The molecule has 0 amide bonds. The summed E-state index contributed by atoms with van der Waals surface area (Å²) in [4.78, 5) is 14.5. The SMILES string of the molecule is C=C1C(C(C)CC)C2CCC3=C(C(=O)C=C3OCC)N12. The lowest BCUT2D eigenvalue weighted by Crippen LogP contribution is -2.57. The van der Waals surface area contributed by atoms with E-state index in [1.165, 1.54) is 0 Å². The fourth-order valence-electron chi connectivity index (χ4n) is 3.88. The Balaban J connectivity index is 1.88. The fourth-order valence-corrected chi connectivity index (χ4v) is 3.88. The summed E-state index contributed by atoms with van der Waals surface area (Å²) < 4.78 is 5.61. The van der Waals surface area contributed by atoms with Crippen molar-refractivity contribution in [3.05, 3.63) is 35.4 Å². The van der Waals surface area contributed by atoms with Gasteiger partial charge in [0.1, 0.15) is 5.76 Å². The van der Waals surface area contributed by atoms with Gasteiger partial charge in [0.25, 0.3) is 0 Å². The Morgan fingerprint density at radius 2 is 2.25 bits per heavy atom. The average Bonchev–Trinajstić information content (AvgIpc) is 2.74. The van der Waals surface area contributed by atoms with Crippen LogP contribution in [0.4, 0.5) is 0 Å². The van der Waals surface area contributed by atoms with E-state index in [2.05, 4.69) is 25.3 Å². The third-order valence-electron chi connectivity index (χ3n) is 5.01. The summed E-state index contributed by atoms with van der Waals surface area (Å²) in [6.45, 7) is 11.3. The molecule has 3 unspecified atom stereocenters. The lowest BCUT2D eigenvalue weighted by molar-refractivity contribution is -0.114. The molecule has 0 bridgehead atoms. The second-order valence-corrected chi connectivity index (χ2v) is 6.01. The number of hydrogen-bond acceptors (Lipinski definition) is 3. The highest BCUT2D eigenvalue weighted by molar-refractivity contribution is 6.08. The number of ether oxygens (including phenoxy) is 1. The lowest BCUT2D eigenvalue weighted by Gasteiger charge is -2.56. The molecule has 0 N–H and O–H groups in total. The van der Waals surface area contributed by atoms with Gasteiger partial charge in [-0.2, -0.15) is 0 Å². The molecule has 0 aromatic rings. The largest absolute Gasteiger partial charge is 0.493 e. The van der Waals surface area contributed by atoms with Gasteiger partial charge < -0.3 is 9.64 Å². The first-order chi connectivity index (χ1) is 9.60. The topological polar surface area (TPSA) is 29.5 Å². The number of nitrogens with zero attached hydrogens (tertiary/aromatic N) is 1. The van der Waals surface area contributed by atoms with Crippen molar-refractivity contribution in [3.63, 3.8) is 0 Å². The van der Waals surface area contributed by atoms with Crippen molar-refractivity contribution >= 4 is 5.78 Å². The number of ketones is 1. The third-order valence-corrected chi connectivity index (χ3v) is 5.01. The van der Waals surface area contributed by atoms with Crippen molar-refractivity contribution in [2.45, 2.75) is 46.1 Å². The predicted octanol–water partition coefficient (Wildman–Crippen LogP) is 3.40. The Labute approximate surface area is 121 Å². The van der Waals surface area contributed by atoms with Gasteiger partial charge in [-0.3, -0.25) is 4.79 Å². The molecular weight excluding hydrogens is 250 g/mol. The first-order valence-electron chi connectivity index (χ1n) is 7.70. The van der Waals surface area contributed by atoms with Crippen molar-refractivity contribution in [2.24, 2.45) is 11.8 Å². The molecule has 0 spiro atoms. The van der Waals surface area contributed by atoms with E-state index < -0.39 is 0 Å². The second-order valence-electron chi connectivity index (χ2n) is 6.01. The molecular formula is C17H23NO2. The van der Waals surface area contributed by atoms with Crippen LogP contribution in [0.3, 0.4) is 0 Å². The number of allylic oxidation sites excluding steroid dienone is 2. The van der Waals surface area contributed by atoms with E-state index in [0.29, 0.717) is 24.5 Å². The summed E-state index contributed by atoms with van der Waals surface area (Å²) in [5.41, 5.74) is 3.06. The Morgan fingerprint density at radius 1 is 1.50 bits per heavy atom. The maximum Gasteiger partial charge on any atom is 0.206 e. The maximum atomic E-state index is 12.3. The van der Waals surface area contributed by atoms with Gasteiger partial charge in [-0.15, -0.1) is 0 Å². The summed E-state index contributed by atoms with van der Waals surface area (Å²) in [5, 5.41) is 0. The normalized spacial score (nSPS) is 29.8. The standard InChI is InChI=1S/C17H23NO2/c1-5-10(3)16-11(4)18-13(16)8-7-12-15(20-6-2)9-14(19)17(12)18/h9-10,13,16H,4-8H2,1-3H3. The van der Waals surface area contributed by atoms with Crippen LogP contribution in [0.25, 0.3) is 0 Å². The molecule has 20 heavy (non-hydrogen) atoms. The first-order valence-corrected chi connectivity index (χ1v) is 7.70. The average molecular weight is 273 g/mol. The summed E-state index contributed by atoms with van der Waals surface area (Å²) in [5.74, 6) is 2.06. The number of carbonyl (C=O) groups excluding carboxylic acids is 1. The summed E-state index contributed by atoms with van der Waals surface area (Å²) in [6, 6.07) is 0.467. The van der Waals surface area contributed by atoms with Crippen LogP contribution in [0.5, 0.6) is 0 Å². The van der Waals surface area contributed by atoms with Crippen LogP contribution < -0.4 is 0 Å². The second kappa shape index (κ2) is 4.80. The van der Waals surface area contributed by atoms with Crippen LogP contribution in [-0.4, -0.2) is 23.3 Å². The van der Waals surface area contributed by atoms with E-state index in [9.17, 15) is 4.79 Å². The van der Waals surface area contributed by atoms with E-state index in [-0.39, 0.29) is 5.78 Å². The van der Waals surface area contributed by atoms with Gasteiger partial charge in [0.2, 0.25) is 5.78 Å². The van der Waals surface area contributed by atoms with Crippen molar-refractivity contribution in [1.82, 2.24) is 4.90 Å². The van der Waals surface area contributed by atoms with Crippen LogP contribution in [0.2, 0.25) is 0 Å². The molecule has 3 nitrogen and oxygen atoms in total. The van der Waals surface area contributed by atoms with E-state index in [0.717, 1.165) is 42.0 Å². The minimum Gasteiger partial charge on any atom is -0.493 e. The van der Waals surface area contributed by atoms with E-state index in [4.69, 9.17) is 4.74 Å². The molecule has 108 valence electrons.